The lowest BCUT2D eigenvalue weighted by Gasteiger charge is -2.21. The summed E-state index contributed by atoms with van der Waals surface area (Å²) in [6.07, 6.45) is 0. The van der Waals surface area contributed by atoms with Crippen molar-refractivity contribution in [3.05, 3.63) is 65.2 Å². The zero-order valence-electron chi connectivity index (χ0n) is 13.8. The summed E-state index contributed by atoms with van der Waals surface area (Å²) >= 11 is 0. The predicted octanol–water partition coefficient (Wildman–Crippen LogP) is 4.05. The Hall–Kier alpha value is -2.73. The molecule has 0 N–H and O–H groups in total. The summed E-state index contributed by atoms with van der Waals surface area (Å²) in [5.41, 5.74) is 2.05. The second-order valence-electron chi connectivity index (χ2n) is 6.06. The molecule has 2 aromatic rings. The topological polar surface area (TPSA) is 35.5 Å². The van der Waals surface area contributed by atoms with Gasteiger partial charge in [0.1, 0.15) is 11.4 Å². The monoisotopic (exact) mass is 308 g/mol. The molecule has 0 fully saturated rings. The minimum Gasteiger partial charge on any atom is -0.488 e. The normalized spacial score (nSPS) is 10.4. The maximum atomic E-state index is 11.4. The molecule has 3 nitrogen and oxygen atoms in total. The molecule has 0 heterocycles. The Morgan fingerprint density at radius 3 is 1.78 bits per heavy atom. The van der Waals surface area contributed by atoms with E-state index in [0.29, 0.717) is 5.56 Å². The summed E-state index contributed by atoms with van der Waals surface area (Å²) in [5, 5.41) is 0. The number of methoxy groups -OCH3 is 1. The molecule has 0 aliphatic heterocycles. The molecule has 0 unspecified atom stereocenters. The highest BCUT2D eigenvalue weighted by Gasteiger charge is 2.11. The Balaban J connectivity index is 2.08. The van der Waals surface area contributed by atoms with Crippen molar-refractivity contribution < 1.29 is 14.3 Å². The highest BCUT2D eigenvalue weighted by atomic mass is 16.5. The van der Waals surface area contributed by atoms with E-state index in [2.05, 4.69) is 16.6 Å². The molecule has 23 heavy (non-hydrogen) atoms. The van der Waals surface area contributed by atoms with Crippen LogP contribution in [0.5, 0.6) is 5.75 Å². The van der Waals surface area contributed by atoms with E-state index in [0.717, 1.165) is 16.9 Å². The van der Waals surface area contributed by atoms with Gasteiger partial charge in [-0.1, -0.05) is 11.8 Å². The molecule has 0 radical (unpaired) electrons. The lowest BCUT2D eigenvalue weighted by molar-refractivity contribution is 0.0600. The third-order valence-electron chi connectivity index (χ3n) is 2.94. The number of rotatable bonds is 2. The van der Waals surface area contributed by atoms with Crippen LogP contribution >= 0.6 is 0 Å². The molecule has 0 amide bonds. The van der Waals surface area contributed by atoms with Gasteiger partial charge in [0.2, 0.25) is 0 Å². The summed E-state index contributed by atoms with van der Waals surface area (Å²) in [7, 11) is 1.36. The van der Waals surface area contributed by atoms with Gasteiger partial charge in [-0.2, -0.15) is 0 Å². The standard InChI is InChI=1S/C20H20O3/c1-20(2,3)23-18-13-9-16(10-14-18)6-5-15-7-11-17(12-8-15)19(21)22-4/h7-14H,1-4H3. The average molecular weight is 308 g/mol. The van der Waals surface area contributed by atoms with Gasteiger partial charge in [0.15, 0.2) is 0 Å². The van der Waals surface area contributed by atoms with Crippen molar-refractivity contribution in [2.45, 2.75) is 26.4 Å². The van der Waals surface area contributed by atoms with Gasteiger partial charge in [0, 0.05) is 11.1 Å². The number of ether oxygens (including phenoxy) is 2. The predicted molar refractivity (Wildman–Crippen MR) is 90.6 cm³/mol. The molecule has 0 aliphatic rings. The molecule has 0 saturated carbocycles. The van der Waals surface area contributed by atoms with Crippen molar-refractivity contribution in [3.8, 4) is 17.6 Å². The first-order chi connectivity index (χ1) is 10.9. The molecule has 0 saturated heterocycles. The number of hydrogen-bond acceptors (Lipinski definition) is 3. The Bertz CT molecular complexity index is 724. The number of carbonyl (C=O) groups excluding carboxylic acids is 1. The van der Waals surface area contributed by atoms with Crippen molar-refractivity contribution in [3.63, 3.8) is 0 Å². The van der Waals surface area contributed by atoms with Gasteiger partial charge >= 0.3 is 5.97 Å². The van der Waals surface area contributed by atoms with Gasteiger partial charge in [-0.3, -0.25) is 0 Å². The quantitative estimate of drug-likeness (QED) is 0.620. The lowest BCUT2D eigenvalue weighted by atomic mass is 10.1. The summed E-state index contributed by atoms with van der Waals surface area (Å²) in [4.78, 5) is 11.4. The van der Waals surface area contributed by atoms with Crippen LogP contribution < -0.4 is 4.74 Å². The smallest absolute Gasteiger partial charge is 0.337 e. The van der Waals surface area contributed by atoms with Gasteiger partial charge in [-0.25, -0.2) is 4.79 Å². The summed E-state index contributed by atoms with van der Waals surface area (Å²) in [6.45, 7) is 6.04. The lowest BCUT2D eigenvalue weighted by Crippen LogP contribution is -2.22. The third-order valence-corrected chi connectivity index (χ3v) is 2.94. The number of hydrogen-bond donors (Lipinski definition) is 0. The van der Waals surface area contributed by atoms with Crippen molar-refractivity contribution in [2.75, 3.05) is 7.11 Å². The number of carbonyl (C=O) groups is 1. The zero-order chi connectivity index (χ0) is 16.9. The second-order valence-corrected chi connectivity index (χ2v) is 6.06. The van der Waals surface area contributed by atoms with E-state index in [9.17, 15) is 4.79 Å². The molecule has 2 aromatic carbocycles. The van der Waals surface area contributed by atoms with Crippen molar-refractivity contribution in [2.24, 2.45) is 0 Å². The maximum absolute atomic E-state index is 11.4. The van der Waals surface area contributed by atoms with E-state index in [1.54, 1.807) is 24.3 Å². The molecular formula is C20H20O3. The molecule has 3 heteroatoms. The Morgan fingerprint density at radius 2 is 1.35 bits per heavy atom. The van der Waals surface area contributed by atoms with Crippen LogP contribution in [0.1, 0.15) is 42.3 Å². The highest BCUT2D eigenvalue weighted by Crippen LogP contribution is 2.18. The second kappa shape index (κ2) is 7.02. The molecule has 118 valence electrons. The third kappa shape index (κ3) is 5.19. The summed E-state index contributed by atoms with van der Waals surface area (Å²) < 4.78 is 10.4. The SMILES string of the molecule is COC(=O)c1ccc(C#Cc2ccc(OC(C)(C)C)cc2)cc1. The largest absolute Gasteiger partial charge is 0.488 e. The van der Waals surface area contributed by atoms with E-state index >= 15 is 0 Å². The van der Waals surface area contributed by atoms with E-state index in [-0.39, 0.29) is 11.6 Å². The first-order valence-electron chi connectivity index (χ1n) is 7.37. The van der Waals surface area contributed by atoms with Crippen LogP contribution in [0, 0.1) is 11.8 Å². The van der Waals surface area contributed by atoms with Gasteiger partial charge < -0.3 is 9.47 Å². The fourth-order valence-electron chi connectivity index (χ4n) is 1.91. The molecule has 0 atom stereocenters. The van der Waals surface area contributed by atoms with Gasteiger partial charge in [0.05, 0.1) is 12.7 Å². The van der Waals surface area contributed by atoms with Gasteiger partial charge in [0.25, 0.3) is 0 Å². The van der Waals surface area contributed by atoms with E-state index in [1.165, 1.54) is 7.11 Å². The Kier molecular flexibility index (Phi) is 5.08. The molecule has 0 aliphatic carbocycles. The van der Waals surface area contributed by atoms with Crippen LogP contribution in [0.25, 0.3) is 0 Å². The highest BCUT2D eigenvalue weighted by molar-refractivity contribution is 5.89. The summed E-state index contributed by atoms with van der Waals surface area (Å²) in [6, 6.07) is 14.7. The first-order valence-corrected chi connectivity index (χ1v) is 7.37. The van der Waals surface area contributed by atoms with Crippen molar-refractivity contribution in [1.29, 1.82) is 0 Å². The van der Waals surface area contributed by atoms with Crippen LogP contribution in [0.3, 0.4) is 0 Å². The van der Waals surface area contributed by atoms with Crippen LogP contribution in [-0.2, 0) is 4.74 Å². The molecule has 0 aromatic heterocycles. The van der Waals surface area contributed by atoms with Gasteiger partial charge in [-0.05, 0) is 69.3 Å². The minimum absolute atomic E-state index is 0.214. The van der Waals surface area contributed by atoms with Crippen LogP contribution in [0.15, 0.2) is 48.5 Å². The zero-order valence-corrected chi connectivity index (χ0v) is 13.8. The van der Waals surface area contributed by atoms with E-state index < -0.39 is 0 Å². The fourth-order valence-corrected chi connectivity index (χ4v) is 1.91. The Labute approximate surface area is 137 Å². The van der Waals surface area contributed by atoms with Crippen molar-refractivity contribution >= 4 is 5.97 Å². The van der Waals surface area contributed by atoms with E-state index in [4.69, 9.17) is 4.74 Å². The maximum Gasteiger partial charge on any atom is 0.337 e. The molecule has 2 rings (SSSR count). The van der Waals surface area contributed by atoms with E-state index in [1.807, 2.05) is 45.0 Å². The van der Waals surface area contributed by atoms with Crippen LogP contribution in [0.4, 0.5) is 0 Å². The fraction of sp³-hybridized carbons (Fsp3) is 0.250. The van der Waals surface area contributed by atoms with Crippen LogP contribution in [-0.4, -0.2) is 18.7 Å². The van der Waals surface area contributed by atoms with Crippen molar-refractivity contribution in [1.82, 2.24) is 0 Å². The molecule has 0 spiro atoms. The average Bonchev–Trinajstić information content (AvgIpc) is 2.52. The number of esters is 1. The minimum atomic E-state index is -0.348. The summed E-state index contributed by atoms with van der Waals surface area (Å²) in [5.74, 6) is 6.64. The number of benzene rings is 2. The van der Waals surface area contributed by atoms with Gasteiger partial charge in [-0.15, -0.1) is 0 Å². The van der Waals surface area contributed by atoms with Crippen LogP contribution in [0.2, 0.25) is 0 Å². The first kappa shape index (κ1) is 16.6. The molecule has 0 bridgehead atoms. The molecular weight excluding hydrogens is 288 g/mol. The Morgan fingerprint density at radius 1 is 0.870 bits per heavy atom.